The Morgan fingerprint density at radius 3 is 2.08 bits per heavy atom. The van der Waals surface area contributed by atoms with Crippen molar-refractivity contribution in [3.63, 3.8) is 0 Å². The first kappa shape index (κ1) is 30.9. The quantitative estimate of drug-likeness (QED) is 0.320. The van der Waals surface area contributed by atoms with Crippen molar-refractivity contribution >= 4 is 27.5 Å². The molecule has 0 fully saturated rings. The topological polar surface area (TPSA) is 86.8 Å². The van der Waals surface area contributed by atoms with E-state index in [4.69, 9.17) is 0 Å². The van der Waals surface area contributed by atoms with Crippen LogP contribution in [0.15, 0.2) is 77.7 Å². The lowest BCUT2D eigenvalue weighted by Gasteiger charge is -2.33. The van der Waals surface area contributed by atoms with Crippen LogP contribution in [-0.4, -0.2) is 44.3 Å². The van der Waals surface area contributed by atoms with Gasteiger partial charge in [-0.25, -0.2) is 8.42 Å². The summed E-state index contributed by atoms with van der Waals surface area (Å²) in [7, 11) is -4.09. The van der Waals surface area contributed by atoms with Gasteiger partial charge in [-0.1, -0.05) is 86.5 Å². The predicted molar refractivity (Wildman–Crippen MR) is 161 cm³/mol. The van der Waals surface area contributed by atoms with Crippen molar-refractivity contribution in [2.75, 3.05) is 17.4 Å². The number of carbonyl (C=O) groups excluding carboxylic acids is 2. The van der Waals surface area contributed by atoms with E-state index in [-0.39, 0.29) is 23.3 Å². The Kier molecular flexibility index (Phi) is 10.5. The highest BCUT2D eigenvalue weighted by atomic mass is 32.2. The molecule has 0 aliphatic rings. The van der Waals surface area contributed by atoms with E-state index in [1.807, 2.05) is 77.9 Å². The summed E-state index contributed by atoms with van der Waals surface area (Å²) in [5.74, 6) is -0.453. The van der Waals surface area contributed by atoms with Crippen molar-refractivity contribution < 1.29 is 18.0 Å². The standard InChI is InChI=1S/C32H41N3O4S/c1-7-29(32(37)33-20-23(2)3)34(21-27-16-13-24(4)14-17-27)31(36)22-35(30-18-15-25(5)19-26(30)6)40(38,39)28-11-9-8-10-12-28/h8-19,23,29H,7,20-22H2,1-6H3,(H,33,37). The molecule has 3 aromatic rings. The molecule has 3 aromatic carbocycles. The number of carbonyl (C=O) groups is 2. The van der Waals surface area contributed by atoms with Crippen molar-refractivity contribution in [3.8, 4) is 0 Å². The van der Waals surface area contributed by atoms with Gasteiger partial charge in [-0.05, 0) is 62.4 Å². The Labute approximate surface area is 239 Å². The Morgan fingerprint density at radius 2 is 1.50 bits per heavy atom. The summed E-state index contributed by atoms with van der Waals surface area (Å²) in [4.78, 5) is 29.0. The fourth-order valence-electron chi connectivity index (χ4n) is 4.55. The summed E-state index contributed by atoms with van der Waals surface area (Å²) in [6.07, 6.45) is 0.385. The van der Waals surface area contributed by atoms with Crippen LogP contribution >= 0.6 is 0 Å². The van der Waals surface area contributed by atoms with Gasteiger partial charge in [-0.15, -0.1) is 0 Å². The van der Waals surface area contributed by atoms with Crippen LogP contribution in [0.25, 0.3) is 0 Å². The van der Waals surface area contributed by atoms with Gasteiger partial charge in [0.05, 0.1) is 10.6 Å². The van der Waals surface area contributed by atoms with Gasteiger partial charge < -0.3 is 10.2 Å². The number of amides is 2. The van der Waals surface area contributed by atoms with Crippen molar-refractivity contribution in [3.05, 3.63) is 95.1 Å². The molecule has 0 spiro atoms. The Balaban J connectivity index is 2.06. The zero-order valence-electron chi connectivity index (χ0n) is 24.3. The van der Waals surface area contributed by atoms with E-state index in [9.17, 15) is 18.0 Å². The molecule has 0 saturated carbocycles. The molecule has 0 saturated heterocycles. The summed E-state index contributed by atoms with van der Waals surface area (Å²) >= 11 is 0. The minimum absolute atomic E-state index is 0.0922. The van der Waals surface area contributed by atoms with Crippen LogP contribution in [0.5, 0.6) is 0 Å². The number of aryl methyl sites for hydroxylation is 3. The second kappa shape index (κ2) is 13.6. The van der Waals surface area contributed by atoms with Crippen LogP contribution in [0.2, 0.25) is 0 Å². The van der Waals surface area contributed by atoms with E-state index in [1.165, 1.54) is 21.3 Å². The summed E-state index contributed by atoms with van der Waals surface area (Å²) < 4.78 is 29.1. The molecule has 0 aliphatic carbocycles. The Bertz CT molecular complexity index is 1400. The van der Waals surface area contributed by atoms with Crippen LogP contribution in [0, 0.1) is 26.7 Å². The number of anilines is 1. The van der Waals surface area contributed by atoms with Crippen molar-refractivity contribution in [1.29, 1.82) is 0 Å². The largest absolute Gasteiger partial charge is 0.354 e. The molecule has 2 amide bonds. The molecular formula is C32H41N3O4S. The molecule has 1 N–H and O–H groups in total. The summed E-state index contributed by atoms with van der Waals surface area (Å²) in [5.41, 5.74) is 4.09. The maximum absolute atomic E-state index is 14.1. The van der Waals surface area contributed by atoms with Crippen LogP contribution in [0.4, 0.5) is 5.69 Å². The van der Waals surface area contributed by atoms with Gasteiger partial charge in [0.1, 0.15) is 12.6 Å². The number of hydrogen-bond donors (Lipinski definition) is 1. The molecule has 0 heterocycles. The SMILES string of the molecule is CCC(C(=O)NCC(C)C)N(Cc1ccc(C)cc1)C(=O)CN(c1ccc(C)cc1C)S(=O)(=O)c1ccccc1. The monoisotopic (exact) mass is 563 g/mol. The van der Waals surface area contributed by atoms with Gasteiger partial charge in [0.2, 0.25) is 11.8 Å². The molecule has 40 heavy (non-hydrogen) atoms. The molecule has 0 radical (unpaired) electrons. The highest BCUT2D eigenvalue weighted by molar-refractivity contribution is 7.92. The molecule has 214 valence electrons. The van der Waals surface area contributed by atoms with Crippen molar-refractivity contribution in [1.82, 2.24) is 10.2 Å². The van der Waals surface area contributed by atoms with Crippen LogP contribution in [-0.2, 0) is 26.2 Å². The number of nitrogens with one attached hydrogen (secondary N) is 1. The summed E-state index contributed by atoms with van der Waals surface area (Å²) in [5, 5.41) is 2.96. The molecule has 1 atom stereocenters. The highest BCUT2D eigenvalue weighted by Gasteiger charge is 2.34. The molecule has 1 unspecified atom stereocenters. The first-order valence-corrected chi connectivity index (χ1v) is 15.2. The van der Waals surface area contributed by atoms with E-state index in [0.717, 1.165) is 22.3 Å². The molecule has 0 bridgehead atoms. The zero-order chi connectivity index (χ0) is 29.4. The molecule has 0 aromatic heterocycles. The Morgan fingerprint density at radius 1 is 0.875 bits per heavy atom. The number of sulfonamides is 1. The van der Waals surface area contributed by atoms with E-state index < -0.39 is 28.5 Å². The maximum atomic E-state index is 14.1. The lowest BCUT2D eigenvalue weighted by molar-refractivity contribution is -0.140. The predicted octanol–water partition coefficient (Wildman–Crippen LogP) is 5.39. The normalized spacial score (nSPS) is 12.2. The minimum atomic E-state index is -4.09. The second-order valence-electron chi connectivity index (χ2n) is 10.7. The van der Waals surface area contributed by atoms with Crippen LogP contribution < -0.4 is 9.62 Å². The summed E-state index contributed by atoms with van der Waals surface area (Å²) in [6, 6.07) is 20.6. The first-order valence-electron chi connectivity index (χ1n) is 13.7. The van der Waals surface area contributed by atoms with Crippen LogP contribution in [0.1, 0.15) is 49.4 Å². The fraction of sp³-hybridized carbons (Fsp3) is 0.375. The van der Waals surface area contributed by atoms with Gasteiger partial charge in [0.25, 0.3) is 10.0 Å². The molecule has 7 nitrogen and oxygen atoms in total. The van der Waals surface area contributed by atoms with Gasteiger partial charge in [0.15, 0.2) is 0 Å². The lowest BCUT2D eigenvalue weighted by Crippen LogP contribution is -2.52. The average Bonchev–Trinajstić information content (AvgIpc) is 2.92. The van der Waals surface area contributed by atoms with Gasteiger partial charge in [-0.3, -0.25) is 13.9 Å². The van der Waals surface area contributed by atoms with Crippen LogP contribution in [0.3, 0.4) is 0 Å². The fourth-order valence-corrected chi connectivity index (χ4v) is 6.05. The maximum Gasteiger partial charge on any atom is 0.264 e. The van der Waals surface area contributed by atoms with E-state index in [1.54, 1.807) is 24.3 Å². The molecular weight excluding hydrogens is 522 g/mol. The van der Waals surface area contributed by atoms with E-state index >= 15 is 0 Å². The van der Waals surface area contributed by atoms with Crippen molar-refractivity contribution in [2.24, 2.45) is 5.92 Å². The van der Waals surface area contributed by atoms with Gasteiger partial charge >= 0.3 is 0 Å². The number of benzene rings is 3. The molecule has 8 heteroatoms. The van der Waals surface area contributed by atoms with E-state index in [2.05, 4.69) is 5.32 Å². The third-order valence-corrected chi connectivity index (χ3v) is 8.55. The average molecular weight is 564 g/mol. The van der Waals surface area contributed by atoms with Gasteiger partial charge in [0, 0.05) is 13.1 Å². The summed E-state index contributed by atoms with van der Waals surface area (Å²) in [6.45, 7) is 11.8. The lowest BCUT2D eigenvalue weighted by atomic mass is 10.1. The second-order valence-corrected chi connectivity index (χ2v) is 12.5. The van der Waals surface area contributed by atoms with Crippen molar-refractivity contribution in [2.45, 2.75) is 65.4 Å². The third kappa shape index (κ3) is 7.72. The zero-order valence-corrected chi connectivity index (χ0v) is 25.2. The molecule has 0 aliphatic heterocycles. The van der Waals surface area contributed by atoms with E-state index in [0.29, 0.717) is 18.7 Å². The first-order chi connectivity index (χ1) is 18.9. The molecule has 3 rings (SSSR count). The number of nitrogens with zero attached hydrogens (tertiary/aromatic N) is 2. The number of rotatable bonds is 12. The van der Waals surface area contributed by atoms with Gasteiger partial charge in [-0.2, -0.15) is 0 Å². The highest BCUT2D eigenvalue weighted by Crippen LogP contribution is 2.28. The minimum Gasteiger partial charge on any atom is -0.354 e. The Hall–Kier alpha value is -3.65. The smallest absolute Gasteiger partial charge is 0.264 e. The third-order valence-electron chi connectivity index (χ3n) is 6.78. The number of hydrogen-bond acceptors (Lipinski definition) is 4.